The van der Waals surface area contributed by atoms with Crippen molar-refractivity contribution in [2.24, 2.45) is 0 Å². The predicted molar refractivity (Wildman–Crippen MR) is 73.5 cm³/mol. The molecule has 0 unspecified atom stereocenters. The van der Waals surface area contributed by atoms with Crippen molar-refractivity contribution in [3.63, 3.8) is 0 Å². The fraction of sp³-hybridized carbons (Fsp3) is 0.143. The Bertz CT molecular complexity index is 600. The van der Waals surface area contributed by atoms with E-state index < -0.39 is 12.1 Å². The molecule has 5 nitrogen and oxygen atoms in total. The summed E-state index contributed by atoms with van der Waals surface area (Å²) in [5.41, 5.74) is 0. The standard InChI is InChI=1S/C14H12ClNO4/c1-9(14(17)18)19-10-5-7-11(8-6-10)20-13-4-2-3-12(15)16-13/h2-9H,1H3,(H,17,18)/t9-/m1/s1. The Morgan fingerprint density at radius 3 is 2.45 bits per heavy atom. The van der Waals surface area contributed by atoms with Gasteiger partial charge in [-0.25, -0.2) is 9.78 Å². The molecule has 2 rings (SSSR count). The van der Waals surface area contributed by atoms with Crippen molar-refractivity contribution >= 4 is 17.6 Å². The van der Waals surface area contributed by atoms with E-state index in [0.717, 1.165) is 0 Å². The highest BCUT2D eigenvalue weighted by Gasteiger charge is 2.12. The highest BCUT2D eigenvalue weighted by atomic mass is 35.5. The van der Waals surface area contributed by atoms with Crippen LogP contribution in [0.4, 0.5) is 0 Å². The summed E-state index contributed by atoms with van der Waals surface area (Å²) in [4.78, 5) is 14.7. The minimum absolute atomic E-state index is 0.345. The van der Waals surface area contributed by atoms with Crippen molar-refractivity contribution in [3.8, 4) is 17.4 Å². The number of hydrogen-bond donors (Lipinski definition) is 1. The molecule has 0 aliphatic carbocycles. The zero-order valence-electron chi connectivity index (χ0n) is 10.6. The van der Waals surface area contributed by atoms with Gasteiger partial charge >= 0.3 is 5.97 Å². The number of ether oxygens (including phenoxy) is 2. The van der Waals surface area contributed by atoms with Crippen molar-refractivity contribution < 1.29 is 19.4 Å². The van der Waals surface area contributed by atoms with E-state index in [1.54, 1.807) is 42.5 Å². The van der Waals surface area contributed by atoms with Gasteiger partial charge in [-0.3, -0.25) is 0 Å². The molecule has 0 aliphatic rings. The van der Waals surface area contributed by atoms with E-state index in [-0.39, 0.29) is 0 Å². The molecule has 0 fully saturated rings. The van der Waals surface area contributed by atoms with Gasteiger partial charge in [0.25, 0.3) is 0 Å². The van der Waals surface area contributed by atoms with Crippen LogP contribution in [0.3, 0.4) is 0 Å². The highest BCUT2D eigenvalue weighted by molar-refractivity contribution is 6.29. The van der Waals surface area contributed by atoms with Crippen molar-refractivity contribution in [2.75, 3.05) is 0 Å². The molecule has 0 saturated heterocycles. The molecule has 2 aromatic rings. The smallest absolute Gasteiger partial charge is 0.344 e. The number of carboxylic acids is 1. The van der Waals surface area contributed by atoms with Crippen LogP contribution >= 0.6 is 11.6 Å². The summed E-state index contributed by atoms with van der Waals surface area (Å²) >= 11 is 5.76. The molecule has 1 atom stereocenters. The van der Waals surface area contributed by atoms with Crippen molar-refractivity contribution in [1.29, 1.82) is 0 Å². The zero-order chi connectivity index (χ0) is 14.5. The summed E-state index contributed by atoms with van der Waals surface area (Å²) in [5, 5.41) is 9.09. The second-order valence-corrected chi connectivity index (χ2v) is 4.36. The Morgan fingerprint density at radius 1 is 1.20 bits per heavy atom. The van der Waals surface area contributed by atoms with Gasteiger partial charge < -0.3 is 14.6 Å². The van der Waals surface area contributed by atoms with E-state index >= 15 is 0 Å². The quantitative estimate of drug-likeness (QED) is 0.856. The van der Waals surface area contributed by atoms with Gasteiger partial charge in [0.1, 0.15) is 16.7 Å². The lowest BCUT2D eigenvalue weighted by atomic mass is 10.3. The average Bonchev–Trinajstić information content (AvgIpc) is 2.41. The minimum Gasteiger partial charge on any atom is -0.479 e. The van der Waals surface area contributed by atoms with Crippen LogP contribution in [-0.2, 0) is 4.79 Å². The van der Waals surface area contributed by atoms with Crippen LogP contribution in [0.15, 0.2) is 42.5 Å². The van der Waals surface area contributed by atoms with Crippen LogP contribution in [-0.4, -0.2) is 22.2 Å². The Morgan fingerprint density at radius 2 is 1.85 bits per heavy atom. The van der Waals surface area contributed by atoms with Gasteiger partial charge in [-0.05, 0) is 37.3 Å². The molecule has 20 heavy (non-hydrogen) atoms. The molecular weight excluding hydrogens is 282 g/mol. The van der Waals surface area contributed by atoms with Gasteiger partial charge in [0.05, 0.1) is 0 Å². The first-order valence-electron chi connectivity index (χ1n) is 5.84. The maximum atomic E-state index is 10.7. The fourth-order valence-electron chi connectivity index (χ4n) is 1.41. The number of hydrogen-bond acceptors (Lipinski definition) is 4. The Balaban J connectivity index is 2.03. The van der Waals surface area contributed by atoms with E-state index in [0.29, 0.717) is 22.5 Å². The number of benzene rings is 1. The Labute approximate surface area is 120 Å². The first-order chi connectivity index (χ1) is 9.54. The lowest BCUT2D eigenvalue weighted by Gasteiger charge is -2.11. The lowest BCUT2D eigenvalue weighted by molar-refractivity contribution is -0.144. The van der Waals surface area contributed by atoms with E-state index in [1.807, 2.05) is 0 Å². The van der Waals surface area contributed by atoms with Crippen LogP contribution in [0.2, 0.25) is 5.15 Å². The third kappa shape index (κ3) is 3.86. The second kappa shape index (κ2) is 6.25. The third-order valence-electron chi connectivity index (χ3n) is 2.40. The number of rotatable bonds is 5. The number of nitrogens with zero attached hydrogens (tertiary/aromatic N) is 1. The molecule has 1 heterocycles. The van der Waals surface area contributed by atoms with Crippen molar-refractivity contribution in [2.45, 2.75) is 13.0 Å². The average molecular weight is 294 g/mol. The maximum Gasteiger partial charge on any atom is 0.344 e. The number of aliphatic carboxylic acids is 1. The minimum atomic E-state index is -1.02. The van der Waals surface area contributed by atoms with Gasteiger partial charge in [-0.2, -0.15) is 0 Å². The number of carboxylic acid groups (broad SMARTS) is 1. The number of pyridine rings is 1. The fourth-order valence-corrected chi connectivity index (χ4v) is 1.56. The van der Waals surface area contributed by atoms with Crippen molar-refractivity contribution in [1.82, 2.24) is 4.98 Å². The van der Waals surface area contributed by atoms with E-state index in [1.165, 1.54) is 6.92 Å². The van der Waals surface area contributed by atoms with Crippen LogP contribution in [0, 0.1) is 0 Å². The van der Waals surface area contributed by atoms with Gasteiger partial charge in [0, 0.05) is 6.07 Å². The molecule has 104 valence electrons. The summed E-state index contributed by atoms with van der Waals surface area (Å²) in [6, 6.07) is 11.6. The SMILES string of the molecule is C[C@@H](Oc1ccc(Oc2cccc(Cl)n2)cc1)C(=O)O. The van der Waals surface area contributed by atoms with Crippen LogP contribution in [0.1, 0.15) is 6.92 Å². The highest BCUT2D eigenvalue weighted by Crippen LogP contribution is 2.23. The molecule has 1 N–H and O–H groups in total. The monoisotopic (exact) mass is 293 g/mol. The summed E-state index contributed by atoms with van der Waals surface area (Å²) in [7, 11) is 0. The third-order valence-corrected chi connectivity index (χ3v) is 2.61. The largest absolute Gasteiger partial charge is 0.479 e. The van der Waals surface area contributed by atoms with Crippen LogP contribution < -0.4 is 9.47 Å². The molecule has 0 aliphatic heterocycles. The first-order valence-corrected chi connectivity index (χ1v) is 6.22. The molecule has 0 radical (unpaired) electrons. The number of aromatic nitrogens is 1. The maximum absolute atomic E-state index is 10.7. The lowest BCUT2D eigenvalue weighted by Crippen LogP contribution is -2.22. The molecule has 0 saturated carbocycles. The summed E-state index contributed by atoms with van der Waals surface area (Å²) < 4.78 is 10.7. The second-order valence-electron chi connectivity index (χ2n) is 3.97. The molecule has 1 aromatic carbocycles. The van der Waals surface area contributed by atoms with Crippen LogP contribution in [0.25, 0.3) is 0 Å². The molecule has 0 amide bonds. The van der Waals surface area contributed by atoms with Gasteiger partial charge in [0.15, 0.2) is 6.10 Å². The Kier molecular flexibility index (Phi) is 4.42. The number of halogens is 1. The molecule has 0 spiro atoms. The van der Waals surface area contributed by atoms with Gasteiger partial charge in [-0.1, -0.05) is 17.7 Å². The number of carbonyl (C=O) groups is 1. The normalized spacial score (nSPS) is 11.7. The molecule has 0 bridgehead atoms. The first kappa shape index (κ1) is 14.1. The van der Waals surface area contributed by atoms with E-state index in [2.05, 4.69) is 4.98 Å². The topological polar surface area (TPSA) is 68.7 Å². The van der Waals surface area contributed by atoms with Crippen molar-refractivity contribution in [3.05, 3.63) is 47.6 Å². The Hall–Kier alpha value is -2.27. The zero-order valence-corrected chi connectivity index (χ0v) is 11.4. The predicted octanol–water partition coefficient (Wildman–Crippen LogP) is 3.38. The molecular formula is C14H12ClNO4. The van der Waals surface area contributed by atoms with E-state index in [9.17, 15) is 4.79 Å². The summed E-state index contributed by atoms with van der Waals surface area (Å²) in [5.74, 6) is 0.361. The molecule has 6 heteroatoms. The summed E-state index contributed by atoms with van der Waals surface area (Å²) in [6.45, 7) is 1.46. The van der Waals surface area contributed by atoms with Gasteiger partial charge in [0.2, 0.25) is 5.88 Å². The molecule has 1 aromatic heterocycles. The van der Waals surface area contributed by atoms with Gasteiger partial charge in [-0.15, -0.1) is 0 Å². The van der Waals surface area contributed by atoms with E-state index in [4.69, 9.17) is 26.2 Å². The summed E-state index contributed by atoms with van der Waals surface area (Å²) in [6.07, 6.45) is -0.906. The van der Waals surface area contributed by atoms with Crippen LogP contribution in [0.5, 0.6) is 17.4 Å².